The summed E-state index contributed by atoms with van der Waals surface area (Å²) in [7, 11) is 0. The van der Waals surface area contributed by atoms with Gasteiger partial charge in [-0.25, -0.2) is 5.84 Å². The molecule has 0 fully saturated rings. The van der Waals surface area contributed by atoms with E-state index in [9.17, 15) is 5.11 Å². The number of nitrogens with two attached hydrogens (primary N) is 1. The Labute approximate surface area is 119 Å². The second kappa shape index (κ2) is 7.20. The molecule has 5 N–H and O–H groups in total. The van der Waals surface area contributed by atoms with Gasteiger partial charge < -0.3 is 15.2 Å². The third-order valence-corrected chi connectivity index (χ3v) is 2.36. The van der Waals surface area contributed by atoms with Crippen molar-refractivity contribution in [3.63, 3.8) is 0 Å². The number of rotatable bonds is 7. The molecule has 0 aliphatic heterocycles. The molecule has 0 saturated carbocycles. The molecule has 0 bridgehead atoms. The summed E-state index contributed by atoms with van der Waals surface area (Å²) < 4.78 is 5.22. The van der Waals surface area contributed by atoms with E-state index in [0.29, 0.717) is 25.5 Å². The molecule has 1 aromatic rings. The Morgan fingerprint density at radius 3 is 2.45 bits per heavy atom. The number of aromatic nitrogens is 3. The maximum absolute atomic E-state index is 9.94. The quantitative estimate of drug-likeness (QED) is 0.428. The number of hydrogen-bond acceptors (Lipinski definition) is 8. The van der Waals surface area contributed by atoms with E-state index in [2.05, 4.69) is 46.5 Å². The van der Waals surface area contributed by atoms with Gasteiger partial charge in [0.25, 0.3) is 0 Å². The summed E-state index contributed by atoms with van der Waals surface area (Å²) in [6.45, 7) is 8.84. The van der Waals surface area contributed by atoms with Crippen molar-refractivity contribution in [3.05, 3.63) is 0 Å². The maximum Gasteiger partial charge on any atom is 0.323 e. The van der Waals surface area contributed by atoms with Crippen molar-refractivity contribution < 1.29 is 9.84 Å². The molecule has 1 rings (SSSR count). The van der Waals surface area contributed by atoms with Gasteiger partial charge in [-0.3, -0.25) is 5.43 Å². The molecule has 0 aromatic carbocycles. The summed E-state index contributed by atoms with van der Waals surface area (Å²) in [5.74, 6) is 5.80. The molecule has 114 valence electrons. The van der Waals surface area contributed by atoms with Crippen LogP contribution < -0.4 is 21.3 Å². The highest BCUT2D eigenvalue weighted by Crippen LogP contribution is 2.20. The van der Waals surface area contributed by atoms with Crippen LogP contribution in [0.25, 0.3) is 0 Å². The number of nitrogen functional groups attached to an aromatic ring is 1. The van der Waals surface area contributed by atoms with Gasteiger partial charge in [0.15, 0.2) is 0 Å². The van der Waals surface area contributed by atoms with Gasteiger partial charge in [-0.15, -0.1) is 0 Å². The number of hydrogen-bond donors (Lipinski definition) is 4. The number of nitrogens with zero attached hydrogens (tertiary/aromatic N) is 3. The molecule has 1 aromatic heterocycles. The van der Waals surface area contributed by atoms with Gasteiger partial charge in [-0.05, 0) is 18.8 Å². The van der Waals surface area contributed by atoms with Crippen molar-refractivity contribution in [3.8, 4) is 6.01 Å². The highest BCUT2D eigenvalue weighted by molar-refractivity contribution is 5.34. The second-order valence-electron chi connectivity index (χ2n) is 5.64. The van der Waals surface area contributed by atoms with Gasteiger partial charge in [0.2, 0.25) is 11.9 Å². The van der Waals surface area contributed by atoms with Crippen LogP contribution in [-0.2, 0) is 0 Å². The molecule has 0 aliphatic carbocycles. The summed E-state index contributed by atoms with van der Waals surface area (Å²) >= 11 is 0. The van der Waals surface area contributed by atoms with Crippen LogP contribution in [0.5, 0.6) is 6.01 Å². The largest absolute Gasteiger partial charge is 0.464 e. The summed E-state index contributed by atoms with van der Waals surface area (Å²) in [5.41, 5.74) is 2.40. The maximum atomic E-state index is 9.94. The molecule has 0 saturated heterocycles. The summed E-state index contributed by atoms with van der Waals surface area (Å²) in [6, 6.07) is 0.184. The number of anilines is 2. The zero-order valence-corrected chi connectivity index (χ0v) is 12.5. The minimum atomic E-state index is -0.489. The zero-order chi connectivity index (χ0) is 15.2. The van der Waals surface area contributed by atoms with Crippen molar-refractivity contribution in [2.24, 2.45) is 11.3 Å². The Hall–Kier alpha value is -1.67. The smallest absolute Gasteiger partial charge is 0.323 e. The Morgan fingerprint density at radius 2 is 1.90 bits per heavy atom. The standard InChI is InChI=1S/C12H24N6O2/c1-5-20-11-16-9(15-10(17-11)18-13)14-7-8(19)6-12(2,3)4/h8,19H,5-7,13H2,1-4H3,(H2,14,15,16,17,18). The van der Waals surface area contributed by atoms with Gasteiger partial charge in [0.1, 0.15) is 0 Å². The van der Waals surface area contributed by atoms with E-state index in [1.165, 1.54) is 0 Å². The third kappa shape index (κ3) is 5.98. The summed E-state index contributed by atoms with van der Waals surface area (Å²) in [6.07, 6.45) is 0.183. The van der Waals surface area contributed by atoms with Crippen LogP contribution in [0.4, 0.5) is 11.9 Å². The molecule has 8 nitrogen and oxygen atoms in total. The van der Waals surface area contributed by atoms with Crippen molar-refractivity contribution >= 4 is 11.9 Å². The molecule has 0 spiro atoms. The van der Waals surface area contributed by atoms with Gasteiger partial charge in [-0.2, -0.15) is 15.0 Å². The second-order valence-corrected chi connectivity index (χ2v) is 5.64. The van der Waals surface area contributed by atoms with Crippen molar-refractivity contribution in [2.45, 2.75) is 40.2 Å². The summed E-state index contributed by atoms with van der Waals surface area (Å²) in [4.78, 5) is 12.1. The lowest BCUT2D eigenvalue weighted by Gasteiger charge is -2.22. The Bertz CT molecular complexity index is 421. The van der Waals surface area contributed by atoms with Crippen LogP contribution in [-0.4, -0.2) is 39.3 Å². The van der Waals surface area contributed by atoms with E-state index < -0.39 is 6.10 Å². The van der Waals surface area contributed by atoms with E-state index in [-0.39, 0.29) is 17.4 Å². The van der Waals surface area contributed by atoms with Crippen LogP contribution in [0, 0.1) is 5.41 Å². The van der Waals surface area contributed by atoms with E-state index in [4.69, 9.17) is 10.6 Å². The monoisotopic (exact) mass is 284 g/mol. The van der Waals surface area contributed by atoms with Gasteiger partial charge in [-0.1, -0.05) is 20.8 Å². The van der Waals surface area contributed by atoms with Gasteiger partial charge >= 0.3 is 6.01 Å². The molecule has 0 amide bonds. The van der Waals surface area contributed by atoms with E-state index in [1.807, 2.05) is 6.92 Å². The molecule has 0 aliphatic rings. The Kier molecular flexibility index (Phi) is 5.90. The topological polar surface area (TPSA) is 118 Å². The van der Waals surface area contributed by atoms with E-state index in [0.717, 1.165) is 0 Å². The fourth-order valence-corrected chi connectivity index (χ4v) is 1.68. The Morgan fingerprint density at radius 1 is 1.25 bits per heavy atom. The first-order chi connectivity index (χ1) is 9.34. The number of aliphatic hydroxyl groups excluding tert-OH is 1. The van der Waals surface area contributed by atoms with Crippen molar-refractivity contribution in [2.75, 3.05) is 23.9 Å². The van der Waals surface area contributed by atoms with Crippen molar-refractivity contribution in [1.82, 2.24) is 15.0 Å². The normalized spacial score (nSPS) is 12.9. The molecule has 1 atom stereocenters. The fourth-order valence-electron chi connectivity index (χ4n) is 1.68. The SMILES string of the molecule is CCOc1nc(NN)nc(NCC(O)CC(C)(C)C)n1. The molecule has 8 heteroatoms. The average Bonchev–Trinajstić information content (AvgIpc) is 2.34. The van der Waals surface area contributed by atoms with Crippen molar-refractivity contribution in [1.29, 1.82) is 0 Å². The van der Waals surface area contributed by atoms with E-state index in [1.54, 1.807) is 0 Å². The number of aliphatic hydroxyl groups is 1. The van der Waals surface area contributed by atoms with Gasteiger partial charge in [0.05, 0.1) is 12.7 Å². The minimum Gasteiger partial charge on any atom is -0.464 e. The first kappa shape index (κ1) is 16.4. The van der Waals surface area contributed by atoms with Crippen LogP contribution >= 0.6 is 0 Å². The minimum absolute atomic E-state index is 0.0562. The predicted molar refractivity (Wildman–Crippen MR) is 77.4 cm³/mol. The third-order valence-electron chi connectivity index (χ3n) is 2.36. The Balaban J connectivity index is 2.64. The van der Waals surface area contributed by atoms with Crippen LogP contribution in [0.3, 0.4) is 0 Å². The number of hydrazine groups is 1. The molecule has 0 radical (unpaired) electrons. The van der Waals surface area contributed by atoms with Gasteiger partial charge in [0, 0.05) is 6.54 Å². The van der Waals surface area contributed by atoms with Crippen LogP contribution in [0.15, 0.2) is 0 Å². The lowest BCUT2D eigenvalue weighted by molar-refractivity contribution is 0.132. The van der Waals surface area contributed by atoms with Crippen LogP contribution in [0.2, 0.25) is 0 Å². The number of ether oxygens (including phenoxy) is 1. The number of nitrogens with one attached hydrogen (secondary N) is 2. The lowest BCUT2D eigenvalue weighted by atomic mass is 9.89. The highest BCUT2D eigenvalue weighted by atomic mass is 16.5. The van der Waals surface area contributed by atoms with E-state index >= 15 is 0 Å². The first-order valence-electron chi connectivity index (χ1n) is 6.61. The van der Waals surface area contributed by atoms with Crippen LogP contribution in [0.1, 0.15) is 34.1 Å². The molecule has 1 unspecified atom stereocenters. The molecule has 1 heterocycles. The molecular formula is C12H24N6O2. The molecular weight excluding hydrogens is 260 g/mol. The fraction of sp³-hybridized carbons (Fsp3) is 0.750. The first-order valence-corrected chi connectivity index (χ1v) is 6.61. The highest BCUT2D eigenvalue weighted by Gasteiger charge is 2.17. The molecule has 20 heavy (non-hydrogen) atoms. The lowest BCUT2D eigenvalue weighted by Crippen LogP contribution is -2.26. The predicted octanol–water partition coefficient (Wildman–Crippen LogP) is 0.765. The summed E-state index contributed by atoms with van der Waals surface area (Å²) in [5, 5.41) is 12.9. The zero-order valence-electron chi connectivity index (χ0n) is 12.5. The average molecular weight is 284 g/mol.